The van der Waals surface area contributed by atoms with Crippen molar-refractivity contribution in [1.82, 2.24) is 5.06 Å². The van der Waals surface area contributed by atoms with E-state index in [4.69, 9.17) is 4.74 Å². The number of rotatable bonds is 3. The third kappa shape index (κ3) is 2.09. The van der Waals surface area contributed by atoms with Gasteiger partial charge in [-0.2, -0.15) is 4.74 Å². The highest BCUT2D eigenvalue weighted by molar-refractivity contribution is 6.02. The van der Waals surface area contributed by atoms with Gasteiger partial charge in [-0.05, 0) is 26.8 Å². The molecule has 1 aliphatic heterocycles. The topological polar surface area (TPSA) is 58.8 Å². The smallest absolute Gasteiger partial charge is 0.268 e. The van der Waals surface area contributed by atoms with E-state index < -0.39 is 11.7 Å². The molecular weight excluding hydrogens is 256 g/mol. The second-order valence-corrected chi connectivity index (χ2v) is 5.22. The minimum atomic E-state index is -0.833. The van der Waals surface area contributed by atoms with Gasteiger partial charge in [0.25, 0.3) is 11.9 Å². The predicted molar refractivity (Wildman–Crippen MR) is 76.3 cm³/mol. The van der Waals surface area contributed by atoms with Crippen molar-refractivity contribution >= 4 is 5.71 Å². The van der Waals surface area contributed by atoms with E-state index >= 15 is 0 Å². The summed E-state index contributed by atoms with van der Waals surface area (Å²) in [6.07, 6.45) is 0.953. The molecule has 1 N–H and O–H groups in total. The summed E-state index contributed by atoms with van der Waals surface area (Å²) in [5, 5.41) is 24.2. The minimum Gasteiger partial charge on any atom is -0.622 e. The van der Waals surface area contributed by atoms with E-state index in [0.717, 1.165) is 15.4 Å². The molecule has 2 rings (SSSR count). The number of hydroxylamine groups is 3. The normalized spacial score (nSPS) is 23.2. The average molecular weight is 276 g/mol. The van der Waals surface area contributed by atoms with Crippen molar-refractivity contribution < 1.29 is 14.7 Å². The summed E-state index contributed by atoms with van der Waals surface area (Å²) in [7, 11) is 1.52. The fourth-order valence-electron chi connectivity index (χ4n) is 2.57. The Morgan fingerprint density at radius 3 is 2.50 bits per heavy atom. The van der Waals surface area contributed by atoms with Crippen LogP contribution in [0.4, 0.5) is 0 Å². The predicted octanol–water partition coefficient (Wildman–Crippen LogP) is 2.67. The van der Waals surface area contributed by atoms with Crippen LogP contribution in [-0.4, -0.2) is 33.4 Å². The molecule has 1 aliphatic rings. The maximum Gasteiger partial charge on any atom is 0.268 e. The standard InChI is InChI=1S/C15H20N2O3/c1-5-12(20-4)13-15(2,3)17(19)14(16(13)18)11-9-7-6-8-10-11/h5-10,14,19H,1-4H3/b12-5-. The third-order valence-electron chi connectivity index (χ3n) is 3.64. The van der Waals surface area contributed by atoms with E-state index in [2.05, 4.69) is 0 Å². The fourth-order valence-corrected chi connectivity index (χ4v) is 2.57. The number of benzene rings is 1. The van der Waals surface area contributed by atoms with Gasteiger partial charge >= 0.3 is 0 Å². The molecule has 1 heterocycles. The van der Waals surface area contributed by atoms with Gasteiger partial charge in [-0.25, -0.2) is 0 Å². The van der Waals surface area contributed by atoms with Crippen molar-refractivity contribution in [3.63, 3.8) is 0 Å². The molecular formula is C15H20N2O3. The number of ether oxygens (including phenoxy) is 1. The van der Waals surface area contributed by atoms with E-state index in [9.17, 15) is 10.4 Å². The van der Waals surface area contributed by atoms with E-state index in [1.165, 1.54) is 7.11 Å². The van der Waals surface area contributed by atoms with Gasteiger partial charge in [0.15, 0.2) is 5.76 Å². The Bertz CT molecular complexity index is 549. The molecule has 0 aromatic heterocycles. The first-order valence-electron chi connectivity index (χ1n) is 6.52. The molecule has 0 amide bonds. The number of methoxy groups -OCH3 is 1. The first kappa shape index (κ1) is 14.6. The Hall–Kier alpha value is -1.85. The Balaban J connectivity index is 2.57. The lowest BCUT2D eigenvalue weighted by Crippen LogP contribution is -2.44. The number of allylic oxidation sites excluding steroid dienone is 1. The van der Waals surface area contributed by atoms with Gasteiger partial charge in [0.1, 0.15) is 5.54 Å². The summed E-state index contributed by atoms with van der Waals surface area (Å²) in [6, 6.07) is 9.20. The Morgan fingerprint density at radius 2 is 2.00 bits per heavy atom. The molecule has 5 heteroatoms. The Morgan fingerprint density at radius 1 is 1.40 bits per heavy atom. The van der Waals surface area contributed by atoms with Gasteiger partial charge < -0.3 is 15.2 Å². The van der Waals surface area contributed by atoms with Crippen molar-refractivity contribution in [2.24, 2.45) is 0 Å². The molecule has 20 heavy (non-hydrogen) atoms. The summed E-state index contributed by atoms with van der Waals surface area (Å²) < 4.78 is 6.08. The van der Waals surface area contributed by atoms with E-state index in [1.54, 1.807) is 26.8 Å². The molecule has 1 unspecified atom stereocenters. The first-order chi connectivity index (χ1) is 9.45. The zero-order valence-corrected chi connectivity index (χ0v) is 12.2. The molecule has 0 radical (unpaired) electrons. The Labute approximate surface area is 118 Å². The van der Waals surface area contributed by atoms with Crippen LogP contribution in [0, 0.1) is 5.21 Å². The molecule has 1 atom stereocenters. The molecule has 0 saturated carbocycles. The van der Waals surface area contributed by atoms with Crippen LogP contribution in [0.25, 0.3) is 0 Å². The lowest BCUT2D eigenvalue weighted by Gasteiger charge is -2.25. The minimum absolute atomic E-state index is 0.416. The van der Waals surface area contributed by atoms with Crippen LogP contribution in [0.15, 0.2) is 42.2 Å². The highest BCUT2D eigenvalue weighted by Gasteiger charge is 2.53. The highest BCUT2D eigenvalue weighted by atomic mass is 16.6. The van der Waals surface area contributed by atoms with Crippen molar-refractivity contribution in [2.45, 2.75) is 32.5 Å². The van der Waals surface area contributed by atoms with Crippen LogP contribution in [0.2, 0.25) is 0 Å². The molecule has 5 nitrogen and oxygen atoms in total. The molecule has 1 aromatic rings. The van der Waals surface area contributed by atoms with Gasteiger partial charge in [-0.15, -0.1) is 5.06 Å². The average Bonchev–Trinajstić information content (AvgIpc) is 2.61. The summed E-state index contributed by atoms with van der Waals surface area (Å²) in [6.45, 7) is 5.38. The van der Waals surface area contributed by atoms with Gasteiger partial charge in [0.2, 0.25) is 0 Å². The summed E-state index contributed by atoms with van der Waals surface area (Å²) in [5.74, 6) is 0.475. The van der Waals surface area contributed by atoms with Crippen LogP contribution in [-0.2, 0) is 4.74 Å². The lowest BCUT2D eigenvalue weighted by molar-refractivity contribution is -0.545. The van der Waals surface area contributed by atoms with Gasteiger partial charge in [-0.3, -0.25) is 0 Å². The zero-order valence-electron chi connectivity index (χ0n) is 12.2. The monoisotopic (exact) mass is 276 g/mol. The number of hydrogen-bond acceptors (Lipinski definition) is 4. The zero-order chi connectivity index (χ0) is 14.9. The molecule has 0 bridgehead atoms. The fraction of sp³-hybridized carbons (Fsp3) is 0.400. The van der Waals surface area contributed by atoms with Crippen LogP contribution in [0.3, 0.4) is 0 Å². The number of hydrogen-bond donors (Lipinski definition) is 1. The molecule has 0 spiro atoms. The van der Waals surface area contributed by atoms with Crippen LogP contribution in [0.5, 0.6) is 0 Å². The third-order valence-corrected chi connectivity index (χ3v) is 3.64. The van der Waals surface area contributed by atoms with Crippen molar-refractivity contribution in [3.05, 3.63) is 52.9 Å². The first-order valence-corrected chi connectivity index (χ1v) is 6.52. The highest BCUT2D eigenvalue weighted by Crippen LogP contribution is 2.36. The summed E-state index contributed by atoms with van der Waals surface area (Å²) >= 11 is 0. The van der Waals surface area contributed by atoms with Gasteiger partial charge in [0.05, 0.1) is 7.11 Å². The maximum atomic E-state index is 12.6. The van der Waals surface area contributed by atoms with Crippen molar-refractivity contribution in [3.8, 4) is 0 Å². The quantitative estimate of drug-likeness (QED) is 0.524. The summed E-state index contributed by atoms with van der Waals surface area (Å²) in [5.41, 5.74) is 0.318. The molecule has 0 fully saturated rings. The van der Waals surface area contributed by atoms with Crippen LogP contribution < -0.4 is 0 Å². The SMILES string of the molecule is C/C=C(\OC)C1=[N+]([O-])C(c2ccccc2)N(O)C1(C)C. The van der Waals surface area contributed by atoms with Crippen molar-refractivity contribution in [1.29, 1.82) is 0 Å². The van der Waals surface area contributed by atoms with Gasteiger partial charge in [0, 0.05) is 5.56 Å². The van der Waals surface area contributed by atoms with Crippen LogP contribution in [0.1, 0.15) is 32.5 Å². The largest absolute Gasteiger partial charge is 0.622 e. The molecule has 1 aromatic carbocycles. The summed E-state index contributed by atoms with van der Waals surface area (Å²) in [4.78, 5) is 0. The lowest BCUT2D eigenvalue weighted by atomic mass is 9.97. The van der Waals surface area contributed by atoms with E-state index in [-0.39, 0.29) is 0 Å². The van der Waals surface area contributed by atoms with Crippen molar-refractivity contribution in [2.75, 3.05) is 7.11 Å². The second-order valence-electron chi connectivity index (χ2n) is 5.22. The molecule has 0 aliphatic carbocycles. The molecule has 108 valence electrons. The molecule has 0 saturated heterocycles. The Kier molecular flexibility index (Phi) is 3.83. The van der Waals surface area contributed by atoms with E-state index in [0.29, 0.717) is 11.5 Å². The van der Waals surface area contributed by atoms with Gasteiger partial charge in [-0.1, -0.05) is 30.3 Å². The van der Waals surface area contributed by atoms with E-state index in [1.807, 2.05) is 30.3 Å². The maximum absolute atomic E-state index is 12.6. The second kappa shape index (κ2) is 5.26. The van der Waals surface area contributed by atoms with Crippen LogP contribution >= 0.6 is 0 Å². The number of nitrogens with zero attached hydrogens (tertiary/aromatic N) is 2.